The summed E-state index contributed by atoms with van der Waals surface area (Å²) in [5.74, 6) is 0.430. The van der Waals surface area contributed by atoms with Gasteiger partial charge in [-0.2, -0.15) is 5.26 Å². The Balaban J connectivity index is 1.73. The number of amides is 1. The first-order valence-electron chi connectivity index (χ1n) is 10.3. The number of anilines is 1. The Bertz CT molecular complexity index is 1240. The van der Waals surface area contributed by atoms with Gasteiger partial charge in [0.1, 0.15) is 11.1 Å². The average Bonchev–Trinajstić information content (AvgIpc) is 2.87. The Morgan fingerprint density at radius 1 is 1.06 bits per heavy atom. The summed E-state index contributed by atoms with van der Waals surface area (Å²) < 4.78 is 15.6. The second kappa shape index (κ2) is 11.7. The Hall–Kier alpha value is -4.03. The standard InChI is InChI=1S/C25H23N3O5S/c1-4-33-25(30)17-6-5-7-19(12-17)27-23(29)15-34-24-18(14-26)8-10-20(28-24)16-9-11-21(31-2)22(13-16)32-3/h5-13H,4,15H2,1-3H3,(H,27,29). The summed E-state index contributed by atoms with van der Waals surface area (Å²) in [5, 5.41) is 12.7. The van der Waals surface area contributed by atoms with E-state index in [1.54, 1.807) is 69.7 Å². The first-order chi connectivity index (χ1) is 16.5. The number of nitrogens with zero attached hydrogens (tertiary/aromatic N) is 2. The number of nitrogens with one attached hydrogen (secondary N) is 1. The molecule has 0 saturated carbocycles. The minimum absolute atomic E-state index is 0.0285. The summed E-state index contributed by atoms with van der Waals surface area (Å²) in [4.78, 5) is 29.0. The fourth-order valence-corrected chi connectivity index (χ4v) is 3.83. The third-order valence-corrected chi connectivity index (χ3v) is 5.65. The van der Waals surface area contributed by atoms with Crippen molar-refractivity contribution in [3.63, 3.8) is 0 Å². The molecule has 0 aliphatic rings. The molecule has 1 aromatic heterocycles. The predicted molar refractivity (Wildman–Crippen MR) is 129 cm³/mol. The van der Waals surface area contributed by atoms with Gasteiger partial charge in [-0.05, 0) is 55.5 Å². The van der Waals surface area contributed by atoms with Crippen molar-refractivity contribution in [2.75, 3.05) is 31.9 Å². The van der Waals surface area contributed by atoms with Gasteiger partial charge in [-0.25, -0.2) is 9.78 Å². The topological polar surface area (TPSA) is 111 Å². The van der Waals surface area contributed by atoms with Gasteiger partial charge in [0.15, 0.2) is 11.5 Å². The number of aromatic nitrogens is 1. The lowest BCUT2D eigenvalue weighted by Gasteiger charge is -2.11. The van der Waals surface area contributed by atoms with Gasteiger partial charge in [0, 0.05) is 11.3 Å². The maximum absolute atomic E-state index is 12.5. The molecule has 8 nitrogen and oxygen atoms in total. The zero-order valence-electron chi connectivity index (χ0n) is 19.0. The van der Waals surface area contributed by atoms with E-state index in [1.165, 1.54) is 0 Å². The first-order valence-corrected chi connectivity index (χ1v) is 11.3. The summed E-state index contributed by atoms with van der Waals surface area (Å²) in [6, 6.07) is 17.4. The van der Waals surface area contributed by atoms with Crippen molar-refractivity contribution in [2.45, 2.75) is 11.9 Å². The number of carbonyl (C=O) groups is 2. The van der Waals surface area contributed by atoms with Crippen molar-refractivity contribution in [3.8, 4) is 28.8 Å². The van der Waals surface area contributed by atoms with Crippen LogP contribution >= 0.6 is 11.8 Å². The molecule has 0 atom stereocenters. The summed E-state index contributed by atoms with van der Waals surface area (Å²) >= 11 is 1.15. The van der Waals surface area contributed by atoms with Crippen LogP contribution in [-0.2, 0) is 9.53 Å². The number of benzene rings is 2. The van der Waals surface area contributed by atoms with Crippen molar-refractivity contribution in [3.05, 3.63) is 65.7 Å². The third-order valence-electron chi connectivity index (χ3n) is 4.66. The van der Waals surface area contributed by atoms with E-state index in [0.717, 1.165) is 17.3 Å². The van der Waals surface area contributed by atoms with E-state index < -0.39 is 5.97 Å². The molecule has 2 aromatic carbocycles. The van der Waals surface area contributed by atoms with E-state index >= 15 is 0 Å². The molecular weight excluding hydrogens is 454 g/mol. The molecule has 0 radical (unpaired) electrons. The van der Waals surface area contributed by atoms with Gasteiger partial charge < -0.3 is 19.5 Å². The summed E-state index contributed by atoms with van der Waals surface area (Å²) in [6.07, 6.45) is 0. The van der Waals surface area contributed by atoms with E-state index in [-0.39, 0.29) is 18.3 Å². The van der Waals surface area contributed by atoms with Crippen molar-refractivity contribution < 1.29 is 23.8 Å². The van der Waals surface area contributed by atoms with Crippen LogP contribution in [0.3, 0.4) is 0 Å². The van der Waals surface area contributed by atoms with Crippen LogP contribution in [0.4, 0.5) is 5.69 Å². The SMILES string of the molecule is CCOC(=O)c1cccc(NC(=O)CSc2nc(-c3ccc(OC)c(OC)c3)ccc2C#N)c1. The highest BCUT2D eigenvalue weighted by Crippen LogP contribution is 2.33. The normalized spacial score (nSPS) is 10.2. The predicted octanol–water partition coefficient (Wildman–Crippen LogP) is 4.54. The van der Waals surface area contributed by atoms with E-state index in [1.807, 2.05) is 6.07 Å². The highest BCUT2D eigenvalue weighted by atomic mass is 32.2. The Morgan fingerprint density at radius 2 is 1.85 bits per heavy atom. The first kappa shape index (κ1) is 24.6. The number of ether oxygens (including phenoxy) is 3. The molecule has 3 rings (SSSR count). The second-order valence-electron chi connectivity index (χ2n) is 6.87. The molecule has 0 bridgehead atoms. The molecule has 0 saturated heterocycles. The van der Waals surface area contributed by atoms with Gasteiger partial charge in [0.2, 0.25) is 5.91 Å². The van der Waals surface area contributed by atoms with Crippen molar-refractivity contribution in [1.29, 1.82) is 5.26 Å². The second-order valence-corrected chi connectivity index (χ2v) is 7.83. The molecule has 34 heavy (non-hydrogen) atoms. The molecular formula is C25H23N3O5S. The van der Waals surface area contributed by atoms with E-state index in [4.69, 9.17) is 14.2 Å². The Kier molecular flexibility index (Phi) is 8.48. The minimum atomic E-state index is -0.456. The zero-order chi connectivity index (χ0) is 24.5. The fraction of sp³-hybridized carbons (Fsp3) is 0.200. The van der Waals surface area contributed by atoms with E-state index in [0.29, 0.717) is 39.0 Å². The molecule has 1 heterocycles. The van der Waals surface area contributed by atoms with Gasteiger partial charge in [-0.3, -0.25) is 4.79 Å². The van der Waals surface area contributed by atoms with Crippen LogP contribution in [-0.4, -0.2) is 43.4 Å². The van der Waals surface area contributed by atoms with Gasteiger partial charge in [-0.1, -0.05) is 17.8 Å². The largest absolute Gasteiger partial charge is 0.493 e. The summed E-state index contributed by atoms with van der Waals surface area (Å²) in [7, 11) is 3.11. The van der Waals surface area contributed by atoms with Crippen molar-refractivity contribution >= 4 is 29.3 Å². The third kappa shape index (κ3) is 6.05. The number of thioether (sulfide) groups is 1. The smallest absolute Gasteiger partial charge is 0.338 e. The molecule has 9 heteroatoms. The molecule has 0 aliphatic heterocycles. The van der Waals surface area contributed by atoms with Gasteiger partial charge in [0.05, 0.1) is 43.4 Å². The van der Waals surface area contributed by atoms with E-state index in [2.05, 4.69) is 16.4 Å². The van der Waals surface area contributed by atoms with Gasteiger partial charge in [-0.15, -0.1) is 0 Å². The van der Waals surface area contributed by atoms with E-state index in [9.17, 15) is 14.9 Å². The Morgan fingerprint density at radius 3 is 2.56 bits per heavy atom. The number of nitriles is 1. The molecule has 174 valence electrons. The highest BCUT2D eigenvalue weighted by Gasteiger charge is 2.13. The maximum atomic E-state index is 12.5. The number of esters is 1. The van der Waals surface area contributed by atoms with Crippen LogP contribution in [0.25, 0.3) is 11.3 Å². The van der Waals surface area contributed by atoms with Gasteiger partial charge >= 0.3 is 5.97 Å². The minimum Gasteiger partial charge on any atom is -0.493 e. The Labute approximate surface area is 201 Å². The molecule has 0 unspecified atom stereocenters. The molecule has 1 N–H and O–H groups in total. The lowest BCUT2D eigenvalue weighted by molar-refractivity contribution is -0.113. The molecule has 0 fully saturated rings. The molecule has 3 aromatic rings. The van der Waals surface area contributed by atoms with Crippen LogP contribution in [0, 0.1) is 11.3 Å². The average molecular weight is 478 g/mol. The van der Waals surface area contributed by atoms with Crippen LogP contribution in [0.2, 0.25) is 0 Å². The number of methoxy groups -OCH3 is 2. The summed E-state index contributed by atoms with van der Waals surface area (Å²) in [6.45, 7) is 1.99. The van der Waals surface area contributed by atoms with Crippen LogP contribution in [0.1, 0.15) is 22.8 Å². The molecule has 0 spiro atoms. The number of hydrogen-bond donors (Lipinski definition) is 1. The monoisotopic (exact) mass is 477 g/mol. The van der Waals surface area contributed by atoms with Crippen LogP contribution in [0.15, 0.2) is 59.6 Å². The quantitative estimate of drug-likeness (QED) is 0.353. The van der Waals surface area contributed by atoms with Crippen LogP contribution in [0.5, 0.6) is 11.5 Å². The van der Waals surface area contributed by atoms with Crippen molar-refractivity contribution in [1.82, 2.24) is 4.98 Å². The maximum Gasteiger partial charge on any atom is 0.338 e. The molecule has 0 aliphatic carbocycles. The van der Waals surface area contributed by atoms with Crippen molar-refractivity contribution in [2.24, 2.45) is 0 Å². The lowest BCUT2D eigenvalue weighted by atomic mass is 10.1. The van der Waals surface area contributed by atoms with Crippen LogP contribution < -0.4 is 14.8 Å². The molecule has 1 amide bonds. The zero-order valence-corrected chi connectivity index (χ0v) is 19.8. The number of carbonyl (C=O) groups excluding carboxylic acids is 2. The number of rotatable bonds is 9. The number of pyridine rings is 1. The fourth-order valence-electron chi connectivity index (χ4n) is 3.06. The highest BCUT2D eigenvalue weighted by molar-refractivity contribution is 8.00. The lowest BCUT2D eigenvalue weighted by Crippen LogP contribution is -2.15. The number of hydrogen-bond acceptors (Lipinski definition) is 8. The summed E-state index contributed by atoms with van der Waals surface area (Å²) in [5.41, 5.74) is 2.60. The van der Waals surface area contributed by atoms with Gasteiger partial charge in [0.25, 0.3) is 0 Å².